The summed E-state index contributed by atoms with van der Waals surface area (Å²) < 4.78 is 0. The van der Waals surface area contributed by atoms with E-state index in [2.05, 4.69) is 49.9 Å². The van der Waals surface area contributed by atoms with Crippen LogP contribution in [0.4, 0.5) is 5.69 Å². The van der Waals surface area contributed by atoms with Crippen molar-refractivity contribution < 1.29 is 19.8 Å². The summed E-state index contributed by atoms with van der Waals surface area (Å²) in [5, 5.41) is 18.5. The zero-order valence-corrected chi connectivity index (χ0v) is 19.2. The average molecular weight is 444 g/mol. The largest absolute Gasteiger partial charge is 0.478 e. The number of carboxylic acid groups (broad SMARTS) is 2. The van der Waals surface area contributed by atoms with Crippen molar-refractivity contribution in [3.05, 3.63) is 101 Å². The summed E-state index contributed by atoms with van der Waals surface area (Å²) in [4.78, 5) is 25.0. The summed E-state index contributed by atoms with van der Waals surface area (Å²) in [5.74, 6) is -1.86. The lowest BCUT2D eigenvalue weighted by Crippen LogP contribution is -2.26. The number of carboxylic acids is 2. The quantitative estimate of drug-likeness (QED) is 0.473. The summed E-state index contributed by atoms with van der Waals surface area (Å²) in [7, 11) is 0. The highest BCUT2D eigenvalue weighted by molar-refractivity contribution is 5.88. The molecule has 0 amide bonds. The minimum atomic E-state index is -0.931. The van der Waals surface area contributed by atoms with E-state index in [-0.39, 0.29) is 28.6 Å². The molecule has 0 radical (unpaired) electrons. The smallest absolute Gasteiger partial charge is 0.335 e. The highest BCUT2D eigenvalue weighted by Crippen LogP contribution is 2.47. The molecule has 0 aromatic heterocycles. The molecule has 3 aromatic carbocycles. The molecule has 1 aliphatic rings. The first-order valence-electron chi connectivity index (χ1n) is 11.2. The SMILES string of the molecule is CC(C)(C)c1ccc(N2C(c3ccc(C(=O)O)cc3)CCC2c2ccc(C(=O)O)cc2)cc1. The zero-order valence-electron chi connectivity index (χ0n) is 19.2. The summed E-state index contributed by atoms with van der Waals surface area (Å²) in [6.07, 6.45) is 1.83. The van der Waals surface area contributed by atoms with Crippen molar-refractivity contribution in [3.63, 3.8) is 0 Å². The fraction of sp³-hybridized carbons (Fsp3) is 0.286. The van der Waals surface area contributed by atoms with Crippen LogP contribution in [-0.4, -0.2) is 22.2 Å². The van der Waals surface area contributed by atoms with Crippen molar-refractivity contribution in [1.82, 2.24) is 0 Å². The second-order valence-corrected chi connectivity index (χ2v) is 9.67. The fourth-order valence-electron chi connectivity index (χ4n) is 4.65. The normalized spacial score (nSPS) is 18.3. The van der Waals surface area contributed by atoms with Gasteiger partial charge in [-0.25, -0.2) is 9.59 Å². The van der Waals surface area contributed by atoms with E-state index in [9.17, 15) is 19.8 Å². The molecule has 2 N–H and O–H groups in total. The van der Waals surface area contributed by atoms with Crippen molar-refractivity contribution >= 4 is 17.6 Å². The van der Waals surface area contributed by atoms with Crippen LogP contribution >= 0.6 is 0 Å². The summed E-state index contributed by atoms with van der Waals surface area (Å²) in [6.45, 7) is 6.58. The van der Waals surface area contributed by atoms with Gasteiger partial charge < -0.3 is 15.1 Å². The van der Waals surface area contributed by atoms with Crippen LogP contribution in [0.3, 0.4) is 0 Å². The molecule has 2 atom stereocenters. The molecule has 170 valence electrons. The van der Waals surface area contributed by atoms with Crippen LogP contribution in [0, 0.1) is 0 Å². The molecule has 1 saturated heterocycles. The van der Waals surface area contributed by atoms with Crippen LogP contribution in [0.2, 0.25) is 0 Å². The van der Waals surface area contributed by atoms with E-state index >= 15 is 0 Å². The minimum absolute atomic E-state index is 0.0572. The zero-order chi connectivity index (χ0) is 23.8. The number of hydrogen-bond donors (Lipinski definition) is 2. The maximum Gasteiger partial charge on any atom is 0.335 e. The van der Waals surface area contributed by atoms with Crippen LogP contribution in [0.5, 0.6) is 0 Å². The molecule has 4 rings (SSSR count). The lowest BCUT2D eigenvalue weighted by atomic mass is 9.87. The van der Waals surface area contributed by atoms with Crippen LogP contribution < -0.4 is 4.90 Å². The summed E-state index contributed by atoms with van der Waals surface area (Å²) >= 11 is 0. The highest BCUT2D eigenvalue weighted by Gasteiger charge is 2.35. The molecule has 3 aromatic rings. The van der Waals surface area contributed by atoms with Gasteiger partial charge in [-0.2, -0.15) is 0 Å². The van der Waals surface area contributed by atoms with Gasteiger partial charge in [0.15, 0.2) is 0 Å². The Morgan fingerprint density at radius 1 is 0.697 bits per heavy atom. The molecular formula is C28H29NO4. The third kappa shape index (κ3) is 4.63. The van der Waals surface area contributed by atoms with E-state index in [1.807, 2.05) is 24.3 Å². The van der Waals surface area contributed by atoms with Crippen LogP contribution in [-0.2, 0) is 5.41 Å². The fourth-order valence-corrected chi connectivity index (χ4v) is 4.65. The van der Waals surface area contributed by atoms with E-state index in [4.69, 9.17) is 0 Å². The molecule has 2 unspecified atom stereocenters. The third-order valence-corrected chi connectivity index (χ3v) is 6.50. The first kappa shape index (κ1) is 22.6. The molecule has 0 aliphatic carbocycles. The van der Waals surface area contributed by atoms with E-state index in [1.54, 1.807) is 24.3 Å². The highest BCUT2D eigenvalue weighted by atomic mass is 16.4. The molecule has 1 fully saturated rings. The van der Waals surface area contributed by atoms with Gasteiger partial charge in [0.2, 0.25) is 0 Å². The Hall–Kier alpha value is -3.60. The van der Waals surface area contributed by atoms with Gasteiger partial charge in [-0.15, -0.1) is 0 Å². The lowest BCUT2D eigenvalue weighted by Gasteiger charge is -2.34. The van der Waals surface area contributed by atoms with E-state index < -0.39 is 11.9 Å². The number of carbonyl (C=O) groups is 2. The van der Waals surface area contributed by atoms with Crippen molar-refractivity contribution in [1.29, 1.82) is 0 Å². The molecule has 5 nitrogen and oxygen atoms in total. The first-order valence-corrected chi connectivity index (χ1v) is 11.2. The number of aromatic carboxylic acids is 2. The van der Waals surface area contributed by atoms with Crippen LogP contribution in [0.1, 0.15) is 83.1 Å². The Morgan fingerprint density at radius 3 is 1.42 bits per heavy atom. The third-order valence-electron chi connectivity index (χ3n) is 6.50. The van der Waals surface area contributed by atoms with Gasteiger partial charge in [0, 0.05) is 5.69 Å². The molecule has 0 saturated carbocycles. The summed E-state index contributed by atoms with van der Waals surface area (Å²) in [5.41, 5.74) is 5.11. The second-order valence-electron chi connectivity index (χ2n) is 9.67. The molecule has 5 heteroatoms. The predicted octanol–water partition coefficient (Wildman–Crippen LogP) is 6.46. The molecule has 33 heavy (non-hydrogen) atoms. The Morgan fingerprint density at radius 2 is 1.09 bits per heavy atom. The number of nitrogens with zero attached hydrogens (tertiary/aromatic N) is 1. The number of anilines is 1. The van der Waals surface area contributed by atoms with Gasteiger partial charge in [0.1, 0.15) is 0 Å². The van der Waals surface area contributed by atoms with Gasteiger partial charge in [-0.05, 0) is 71.3 Å². The van der Waals surface area contributed by atoms with Gasteiger partial charge >= 0.3 is 11.9 Å². The van der Waals surface area contributed by atoms with E-state index in [0.29, 0.717) is 0 Å². The Kier molecular flexibility index (Phi) is 5.98. The maximum absolute atomic E-state index is 11.3. The van der Waals surface area contributed by atoms with E-state index in [1.165, 1.54) is 5.56 Å². The number of rotatable bonds is 5. The van der Waals surface area contributed by atoms with Crippen molar-refractivity contribution in [2.75, 3.05) is 4.90 Å². The maximum atomic E-state index is 11.3. The Bertz CT molecular complexity index is 1080. The Balaban J connectivity index is 1.73. The van der Waals surface area contributed by atoms with Crippen molar-refractivity contribution in [3.8, 4) is 0 Å². The minimum Gasteiger partial charge on any atom is -0.478 e. The van der Waals surface area contributed by atoms with Crippen LogP contribution in [0.25, 0.3) is 0 Å². The lowest BCUT2D eigenvalue weighted by molar-refractivity contribution is 0.0686. The monoisotopic (exact) mass is 443 g/mol. The molecule has 0 spiro atoms. The number of hydrogen-bond acceptors (Lipinski definition) is 3. The standard InChI is InChI=1S/C28H29NO4/c1-28(2,3)22-12-14-23(15-13-22)29-24(18-4-8-20(9-5-18)26(30)31)16-17-25(29)19-6-10-21(11-7-19)27(32)33/h4-15,24-25H,16-17H2,1-3H3,(H,30,31)(H,32,33). The molecular weight excluding hydrogens is 414 g/mol. The Labute approximate surface area is 194 Å². The van der Waals surface area contributed by atoms with E-state index in [0.717, 1.165) is 29.7 Å². The first-order chi connectivity index (χ1) is 15.6. The molecule has 1 heterocycles. The molecule has 1 aliphatic heterocycles. The van der Waals surface area contributed by atoms with Gasteiger partial charge in [-0.3, -0.25) is 0 Å². The topological polar surface area (TPSA) is 77.8 Å². The number of benzene rings is 3. The van der Waals surface area contributed by atoms with Crippen LogP contribution in [0.15, 0.2) is 72.8 Å². The average Bonchev–Trinajstić information content (AvgIpc) is 3.24. The van der Waals surface area contributed by atoms with Gasteiger partial charge in [0.05, 0.1) is 23.2 Å². The predicted molar refractivity (Wildman–Crippen MR) is 129 cm³/mol. The van der Waals surface area contributed by atoms with Gasteiger partial charge in [0.25, 0.3) is 0 Å². The van der Waals surface area contributed by atoms with Gasteiger partial charge in [-0.1, -0.05) is 57.2 Å². The molecule has 0 bridgehead atoms. The van der Waals surface area contributed by atoms with Crippen molar-refractivity contribution in [2.24, 2.45) is 0 Å². The summed E-state index contributed by atoms with van der Waals surface area (Å²) in [6, 6.07) is 23.1. The van der Waals surface area contributed by atoms with Crippen molar-refractivity contribution in [2.45, 2.75) is 51.1 Å². The second kappa shape index (κ2) is 8.74.